The lowest BCUT2D eigenvalue weighted by atomic mass is 9.82. The number of morpholine rings is 1. The fourth-order valence-corrected chi connectivity index (χ4v) is 6.82. The molecule has 1 unspecified atom stereocenters. The van der Waals surface area contributed by atoms with Gasteiger partial charge < -0.3 is 24.5 Å². The number of aryl methyl sites for hydroxylation is 1. The van der Waals surface area contributed by atoms with Crippen LogP contribution in [0.25, 0.3) is 5.65 Å². The van der Waals surface area contributed by atoms with Crippen molar-refractivity contribution in [2.75, 3.05) is 55.7 Å². The first-order chi connectivity index (χ1) is 20.7. The van der Waals surface area contributed by atoms with E-state index in [1.165, 1.54) is 11.6 Å². The highest BCUT2D eigenvalue weighted by molar-refractivity contribution is 5.91. The molecule has 7 rings (SSSR count). The lowest BCUT2D eigenvalue weighted by molar-refractivity contribution is -0.0460. The van der Waals surface area contributed by atoms with E-state index in [1.807, 2.05) is 24.1 Å². The first kappa shape index (κ1) is 27.3. The molecule has 4 aromatic rings. The van der Waals surface area contributed by atoms with Crippen LogP contribution in [-0.4, -0.2) is 92.9 Å². The Kier molecular flexibility index (Phi) is 6.57. The summed E-state index contributed by atoms with van der Waals surface area (Å²) in [5, 5.41) is 14.0. The second-order valence-corrected chi connectivity index (χ2v) is 12.3. The summed E-state index contributed by atoms with van der Waals surface area (Å²) in [7, 11) is 0. The van der Waals surface area contributed by atoms with Crippen molar-refractivity contribution in [3.05, 3.63) is 83.4 Å². The minimum atomic E-state index is -1.06. The van der Waals surface area contributed by atoms with E-state index in [1.54, 1.807) is 15.5 Å². The highest BCUT2D eigenvalue weighted by atomic mass is 16.5. The summed E-state index contributed by atoms with van der Waals surface area (Å²) in [4.78, 5) is 40.2. The van der Waals surface area contributed by atoms with Crippen molar-refractivity contribution in [1.82, 2.24) is 24.5 Å². The normalized spacial score (nSPS) is 23.9. The maximum atomic E-state index is 13.6. The molecule has 2 atom stereocenters. The van der Waals surface area contributed by atoms with Crippen LogP contribution in [0.2, 0.25) is 0 Å². The first-order valence-corrected chi connectivity index (χ1v) is 14.8. The van der Waals surface area contributed by atoms with Crippen LogP contribution in [0.1, 0.15) is 52.0 Å². The summed E-state index contributed by atoms with van der Waals surface area (Å²) in [6.07, 6.45) is 3.71. The number of carboxylic acid groups (broad SMARTS) is 1. The number of amides is 1. The highest BCUT2D eigenvalue weighted by Crippen LogP contribution is 2.37. The number of pyridine rings is 2. The van der Waals surface area contributed by atoms with Crippen LogP contribution in [0.4, 0.5) is 11.5 Å². The van der Waals surface area contributed by atoms with E-state index in [-0.39, 0.29) is 22.8 Å². The van der Waals surface area contributed by atoms with E-state index in [4.69, 9.17) is 4.74 Å². The van der Waals surface area contributed by atoms with Gasteiger partial charge in [0.05, 0.1) is 31.6 Å². The fraction of sp³-hybridized carbons (Fsp3) is 0.406. The highest BCUT2D eigenvalue weighted by Gasteiger charge is 2.45. The van der Waals surface area contributed by atoms with Crippen LogP contribution in [-0.2, 0) is 10.2 Å². The molecule has 0 radical (unpaired) electrons. The van der Waals surface area contributed by atoms with E-state index < -0.39 is 11.6 Å². The molecule has 11 heteroatoms. The molecule has 3 aliphatic heterocycles. The Morgan fingerprint density at radius 1 is 0.930 bits per heavy atom. The zero-order valence-corrected chi connectivity index (χ0v) is 24.4. The molecule has 0 aliphatic carbocycles. The van der Waals surface area contributed by atoms with Crippen molar-refractivity contribution in [2.45, 2.75) is 37.7 Å². The Hall–Kier alpha value is -4.51. The molecule has 6 heterocycles. The van der Waals surface area contributed by atoms with Crippen LogP contribution < -0.4 is 9.80 Å². The van der Waals surface area contributed by atoms with Crippen LogP contribution in [0.3, 0.4) is 0 Å². The minimum Gasteiger partial charge on any atom is -0.477 e. The number of carbonyl (C=O) groups is 2. The number of fused-ring (bicyclic) bond motifs is 1. The molecular weight excluding hydrogens is 546 g/mol. The summed E-state index contributed by atoms with van der Waals surface area (Å²) in [5.74, 6) is -0.499. The maximum Gasteiger partial charge on any atom is 0.354 e. The Balaban J connectivity index is 1.07. The van der Waals surface area contributed by atoms with Gasteiger partial charge in [0.2, 0.25) is 5.82 Å². The molecule has 3 aliphatic rings. The third kappa shape index (κ3) is 4.97. The maximum absolute atomic E-state index is 13.6. The lowest BCUT2D eigenvalue weighted by Crippen LogP contribution is -2.54. The number of benzene rings is 1. The van der Waals surface area contributed by atoms with Crippen LogP contribution >= 0.6 is 0 Å². The third-order valence-corrected chi connectivity index (χ3v) is 9.23. The lowest BCUT2D eigenvalue weighted by Gasteiger charge is -2.40. The van der Waals surface area contributed by atoms with Crippen LogP contribution in [0.5, 0.6) is 0 Å². The van der Waals surface area contributed by atoms with Crippen molar-refractivity contribution in [1.29, 1.82) is 0 Å². The number of aromatic carboxylic acids is 1. The zero-order chi connectivity index (χ0) is 29.8. The number of nitrogens with zero attached hydrogens (tertiary/aromatic N) is 7. The number of hydrogen-bond donors (Lipinski definition) is 1. The van der Waals surface area contributed by atoms with E-state index in [0.717, 1.165) is 30.8 Å². The quantitative estimate of drug-likeness (QED) is 0.378. The second-order valence-electron chi connectivity index (χ2n) is 12.3. The standard InChI is InChI=1S/C32H35N7O4/c1-22-17-24(36-13-11-31(2,19-36)23-7-4-3-5-8-23)18-39-28(22)34-27(35-39)29(40)38-14-12-32(21-38)20-37(15-16-43-32)26-10-6-9-25(33-26)30(41)42/h3-10,17-18H,11-16,19-21H2,1-2H3,(H,41,42)/t31-,32?/m0/s1. The molecule has 0 saturated carbocycles. The third-order valence-electron chi connectivity index (χ3n) is 9.23. The van der Waals surface area contributed by atoms with E-state index >= 15 is 0 Å². The molecule has 3 saturated heterocycles. The summed E-state index contributed by atoms with van der Waals surface area (Å²) in [6.45, 7) is 8.71. The van der Waals surface area contributed by atoms with Gasteiger partial charge in [-0.05, 0) is 49.1 Å². The van der Waals surface area contributed by atoms with Crippen molar-refractivity contribution in [2.24, 2.45) is 0 Å². The van der Waals surface area contributed by atoms with Gasteiger partial charge in [0.25, 0.3) is 5.91 Å². The van der Waals surface area contributed by atoms with Gasteiger partial charge in [0.15, 0.2) is 11.3 Å². The summed E-state index contributed by atoms with van der Waals surface area (Å²) >= 11 is 0. The van der Waals surface area contributed by atoms with E-state index in [2.05, 4.69) is 63.3 Å². The number of likely N-dealkylation sites (tertiary alicyclic amines) is 1. The minimum absolute atomic E-state index is 0.00702. The van der Waals surface area contributed by atoms with Crippen LogP contribution in [0, 0.1) is 6.92 Å². The molecule has 1 N–H and O–H groups in total. The Labute approximate surface area is 249 Å². The number of aromatic nitrogens is 4. The molecule has 1 amide bonds. The predicted octanol–water partition coefficient (Wildman–Crippen LogP) is 3.42. The average Bonchev–Trinajstić information content (AvgIpc) is 3.75. The van der Waals surface area contributed by atoms with Gasteiger partial charge in [-0.15, -0.1) is 5.10 Å². The Bertz CT molecular complexity index is 1710. The van der Waals surface area contributed by atoms with Crippen molar-refractivity contribution < 1.29 is 19.4 Å². The van der Waals surface area contributed by atoms with Crippen molar-refractivity contribution in [3.8, 4) is 0 Å². The topological polar surface area (TPSA) is 116 Å². The molecule has 11 nitrogen and oxygen atoms in total. The number of carbonyl (C=O) groups excluding carboxylic acids is 1. The molecule has 3 aromatic heterocycles. The molecule has 0 bridgehead atoms. The van der Waals surface area contributed by atoms with Gasteiger partial charge in [-0.1, -0.05) is 43.3 Å². The predicted molar refractivity (Wildman–Crippen MR) is 161 cm³/mol. The molecule has 3 fully saturated rings. The number of ether oxygens (including phenoxy) is 1. The summed E-state index contributed by atoms with van der Waals surface area (Å²) < 4.78 is 7.98. The summed E-state index contributed by atoms with van der Waals surface area (Å²) in [5.41, 5.74) is 3.59. The van der Waals surface area contributed by atoms with Gasteiger partial charge in [0, 0.05) is 31.6 Å². The van der Waals surface area contributed by atoms with Gasteiger partial charge in [-0.2, -0.15) is 0 Å². The summed E-state index contributed by atoms with van der Waals surface area (Å²) in [6, 6.07) is 17.8. The van der Waals surface area contributed by atoms with E-state index in [9.17, 15) is 14.7 Å². The second kappa shape index (κ2) is 10.3. The monoisotopic (exact) mass is 581 g/mol. The number of hydrogen-bond acceptors (Lipinski definition) is 8. The van der Waals surface area contributed by atoms with Crippen LogP contribution in [0.15, 0.2) is 60.8 Å². The largest absolute Gasteiger partial charge is 0.477 e. The molecule has 222 valence electrons. The number of anilines is 2. The first-order valence-electron chi connectivity index (χ1n) is 14.8. The zero-order valence-electron chi connectivity index (χ0n) is 24.4. The van der Waals surface area contributed by atoms with Crippen molar-refractivity contribution in [3.63, 3.8) is 0 Å². The van der Waals surface area contributed by atoms with Crippen molar-refractivity contribution >= 4 is 29.0 Å². The van der Waals surface area contributed by atoms with E-state index in [0.29, 0.717) is 50.7 Å². The Morgan fingerprint density at radius 2 is 1.77 bits per heavy atom. The molecule has 43 heavy (non-hydrogen) atoms. The molecule has 1 aromatic carbocycles. The average molecular weight is 582 g/mol. The molecular formula is C32H35N7O4. The SMILES string of the molecule is Cc1cc(N2CC[C@](C)(c3ccccc3)C2)cn2nc(C(=O)N3CCC4(C3)CN(c3cccc(C(=O)O)n3)CCO4)nc12. The number of carboxylic acids is 1. The van der Waals surface area contributed by atoms with Gasteiger partial charge in [-0.25, -0.2) is 19.3 Å². The van der Waals surface area contributed by atoms with Gasteiger partial charge in [-0.3, -0.25) is 4.79 Å². The van der Waals surface area contributed by atoms with Gasteiger partial charge in [0.1, 0.15) is 11.4 Å². The number of rotatable bonds is 5. The van der Waals surface area contributed by atoms with Gasteiger partial charge >= 0.3 is 5.97 Å². The Morgan fingerprint density at radius 3 is 2.58 bits per heavy atom. The fourth-order valence-electron chi connectivity index (χ4n) is 6.82. The molecule has 1 spiro atoms. The smallest absolute Gasteiger partial charge is 0.354 e.